The summed E-state index contributed by atoms with van der Waals surface area (Å²) in [7, 11) is -2.12. The minimum atomic E-state index is -3.65. The van der Waals surface area contributed by atoms with Gasteiger partial charge in [0.2, 0.25) is 0 Å². The minimum Gasteiger partial charge on any atom is -0.494 e. The summed E-state index contributed by atoms with van der Waals surface area (Å²) in [5, 5.41) is 0. The Bertz CT molecular complexity index is 985. The molecular weight excluding hydrogens is 374 g/mol. The fraction of sp³-hybridized carbons (Fsp3) is 0.182. The lowest BCUT2D eigenvalue weighted by atomic mass is 10.2. The molecule has 146 valence electrons. The monoisotopic (exact) mass is 397 g/mol. The highest BCUT2D eigenvalue weighted by Crippen LogP contribution is 2.26. The lowest BCUT2D eigenvalue weighted by Crippen LogP contribution is -2.26. The standard InChI is InChI=1S/C22H23NO4S/c1-3-26-20-13-15-22(16-14-20)28(24,25)23(2)19-9-11-21(12-10-19)27-17-18-7-5-4-6-8-18/h4-16H,3,17H2,1-2H3. The van der Waals surface area contributed by atoms with Crippen LogP contribution in [0, 0.1) is 0 Å². The number of hydrogen-bond acceptors (Lipinski definition) is 4. The maximum atomic E-state index is 12.9. The Morgan fingerprint density at radius 1 is 0.786 bits per heavy atom. The second-order valence-corrected chi connectivity index (χ2v) is 8.11. The van der Waals surface area contributed by atoms with Gasteiger partial charge in [0.25, 0.3) is 10.0 Å². The number of ether oxygens (including phenoxy) is 2. The number of nitrogens with zero attached hydrogens (tertiary/aromatic N) is 1. The van der Waals surface area contributed by atoms with Crippen LogP contribution < -0.4 is 13.8 Å². The van der Waals surface area contributed by atoms with Gasteiger partial charge in [0.1, 0.15) is 18.1 Å². The van der Waals surface area contributed by atoms with Crippen molar-refractivity contribution in [1.29, 1.82) is 0 Å². The third-order valence-corrected chi connectivity index (χ3v) is 6.04. The summed E-state index contributed by atoms with van der Waals surface area (Å²) in [5.41, 5.74) is 1.63. The third-order valence-electron chi connectivity index (χ3n) is 4.24. The van der Waals surface area contributed by atoms with E-state index in [0.29, 0.717) is 30.4 Å². The molecule has 6 heteroatoms. The van der Waals surface area contributed by atoms with Gasteiger partial charge < -0.3 is 9.47 Å². The van der Waals surface area contributed by atoms with Gasteiger partial charge in [-0.3, -0.25) is 4.31 Å². The van der Waals surface area contributed by atoms with Crippen LogP contribution in [0.25, 0.3) is 0 Å². The van der Waals surface area contributed by atoms with Gasteiger partial charge in [0.15, 0.2) is 0 Å². The van der Waals surface area contributed by atoms with E-state index in [1.165, 1.54) is 11.4 Å². The van der Waals surface area contributed by atoms with E-state index in [-0.39, 0.29) is 4.90 Å². The normalized spacial score (nSPS) is 11.1. The Hall–Kier alpha value is -2.99. The summed E-state index contributed by atoms with van der Waals surface area (Å²) in [6.07, 6.45) is 0. The first-order valence-electron chi connectivity index (χ1n) is 8.99. The van der Waals surface area contributed by atoms with Crippen molar-refractivity contribution in [2.75, 3.05) is 18.0 Å². The van der Waals surface area contributed by atoms with E-state index >= 15 is 0 Å². The summed E-state index contributed by atoms with van der Waals surface area (Å²) in [6, 6.07) is 23.3. The molecule has 0 atom stereocenters. The van der Waals surface area contributed by atoms with Crippen molar-refractivity contribution in [1.82, 2.24) is 0 Å². The number of sulfonamides is 1. The molecule has 0 aromatic heterocycles. The van der Waals surface area contributed by atoms with E-state index < -0.39 is 10.0 Å². The van der Waals surface area contributed by atoms with Crippen LogP contribution in [0.2, 0.25) is 0 Å². The molecule has 3 aromatic rings. The number of benzene rings is 3. The Labute approximate surface area is 166 Å². The highest BCUT2D eigenvalue weighted by Gasteiger charge is 2.21. The molecular formula is C22H23NO4S. The van der Waals surface area contributed by atoms with Gasteiger partial charge in [-0.1, -0.05) is 30.3 Å². The maximum absolute atomic E-state index is 12.9. The lowest BCUT2D eigenvalue weighted by molar-refractivity contribution is 0.306. The van der Waals surface area contributed by atoms with E-state index in [1.54, 1.807) is 48.5 Å². The zero-order valence-electron chi connectivity index (χ0n) is 15.9. The molecule has 3 aromatic carbocycles. The maximum Gasteiger partial charge on any atom is 0.264 e. The van der Waals surface area contributed by atoms with Crippen molar-refractivity contribution < 1.29 is 17.9 Å². The van der Waals surface area contributed by atoms with Crippen LogP contribution in [-0.4, -0.2) is 22.1 Å². The molecule has 0 spiro atoms. The highest BCUT2D eigenvalue weighted by molar-refractivity contribution is 7.92. The molecule has 5 nitrogen and oxygen atoms in total. The van der Waals surface area contributed by atoms with Gasteiger partial charge in [-0.25, -0.2) is 8.42 Å². The average molecular weight is 397 g/mol. The zero-order valence-corrected chi connectivity index (χ0v) is 16.7. The Balaban J connectivity index is 1.69. The van der Waals surface area contributed by atoms with Gasteiger partial charge in [-0.2, -0.15) is 0 Å². The zero-order chi connectivity index (χ0) is 20.0. The first-order chi connectivity index (χ1) is 13.5. The molecule has 0 aliphatic heterocycles. The van der Waals surface area contributed by atoms with E-state index in [4.69, 9.17) is 9.47 Å². The predicted molar refractivity (Wildman–Crippen MR) is 110 cm³/mol. The summed E-state index contributed by atoms with van der Waals surface area (Å²) < 4.78 is 38.1. The summed E-state index contributed by atoms with van der Waals surface area (Å²) in [5.74, 6) is 1.32. The van der Waals surface area contributed by atoms with Crippen LogP contribution in [0.15, 0.2) is 83.8 Å². The molecule has 0 bridgehead atoms. The van der Waals surface area contributed by atoms with E-state index in [9.17, 15) is 8.42 Å². The van der Waals surface area contributed by atoms with Crippen LogP contribution in [-0.2, 0) is 16.6 Å². The van der Waals surface area contributed by atoms with Crippen molar-refractivity contribution >= 4 is 15.7 Å². The molecule has 0 saturated carbocycles. The molecule has 28 heavy (non-hydrogen) atoms. The Morgan fingerprint density at radius 3 is 1.96 bits per heavy atom. The second-order valence-electron chi connectivity index (χ2n) is 6.15. The molecule has 0 N–H and O–H groups in total. The largest absolute Gasteiger partial charge is 0.494 e. The molecule has 0 fully saturated rings. The SMILES string of the molecule is CCOc1ccc(S(=O)(=O)N(C)c2ccc(OCc3ccccc3)cc2)cc1. The highest BCUT2D eigenvalue weighted by atomic mass is 32.2. The first kappa shape index (κ1) is 19.8. The van der Waals surface area contributed by atoms with Crippen LogP contribution in [0.3, 0.4) is 0 Å². The minimum absolute atomic E-state index is 0.211. The molecule has 0 aliphatic rings. The van der Waals surface area contributed by atoms with Crippen LogP contribution >= 0.6 is 0 Å². The fourth-order valence-corrected chi connectivity index (χ4v) is 3.86. The van der Waals surface area contributed by atoms with Crippen LogP contribution in [0.4, 0.5) is 5.69 Å². The van der Waals surface area contributed by atoms with E-state index in [2.05, 4.69) is 0 Å². The smallest absolute Gasteiger partial charge is 0.264 e. The van der Waals surface area contributed by atoms with E-state index in [1.807, 2.05) is 37.3 Å². The summed E-state index contributed by atoms with van der Waals surface area (Å²) in [6.45, 7) is 2.87. The van der Waals surface area contributed by atoms with Crippen molar-refractivity contribution in [3.63, 3.8) is 0 Å². The number of anilines is 1. The van der Waals surface area contributed by atoms with Gasteiger partial charge in [0, 0.05) is 7.05 Å². The predicted octanol–water partition coefficient (Wildman–Crippen LogP) is 4.49. The third kappa shape index (κ3) is 4.64. The van der Waals surface area contributed by atoms with Crippen molar-refractivity contribution in [3.8, 4) is 11.5 Å². The fourth-order valence-electron chi connectivity index (χ4n) is 2.66. The quantitative estimate of drug-likeness (QED) is 0.562. The molecule has 0 amide bonds. The van der Waals surface area contributed by atoms with Crippen LogP contribution in [0.1, 0.15) is 12.5 Å². The lowest BCUT2D eigenvalue weighted by Gasteiger charge is -2.20. The number of rotatable bonds is 8. The number of hydrogen-bond donors (Lipinski definition) is 0. The average Bonchev–Trinajstić information content (AvgIpc) is 2.73. The van der Waals surface area contributed by atoms with Gasteiger partial charge in [-0.15, -0.1) is 0 Å². The van der Waals surface area contributed by atoms with Gasteiger partial charge in [0.05, 0.1) is 17.2 Å². The summed E-state index contributed by atoms with van der Waals surface area (Å²) in [4.78, 5) is 0.211. The first-order valence-corrected chi connectivity index (χ1v) is 10.4. The molecule has 0 aliphatic carbocycles. The summed E-state index contributed by atoms with van der Waals surface area (Å²) >= 11 is 0. The van der Waals surface area contributed by atoms with E-state index in [0.717, 1.165) is 5.56 Å². The molecule has 0 unspecified atom stereocenters. The van der Waals surface area contributed by atoms with Crippen molar-refractivity contribution in [3.05, 3.63) is 84.4 Å². The Kier molecular flexibility index (Phi) is 6.21. The molecule has 0 saturated heterocycles. The van der Waals surface area contributed by atoms with Gasteiger partial charge in [-0.05, 0) is 61.0 Å². The van der Waals surface area contributed by atoms with Crippen molar-refractivity contribution in [2.24, 2.45) is 0 Å². The second kappa shape index (κ2) is 8.80. The Morgan fingerprint density at radius 2 is 1.36 bits per heavy atom. The topological polar surface area (TPSA) is 55.8 Å². The molecule has 0 radical (unpaired) electrons. The van der Waals surface area contributed by atoms with Crippen LogP contribution in [0.5, 0.6) is 11.5 Å². The molecule has 3 rings (SSSR count). The van der Waals surface area contributed by atoms with Gasteiger partial charge >= 0.3 is 0 Å². The molecule has 0 heterocycles. The van der Waals surface area contributed by atoms with Crippen molar-refractivity contribution in [2.45, 2.75) is 18.4 Å².